The Hall–Kier alpha value is -4.71. The van der Waals surface area contributed by atoms with Gasteiger partial charge in [-0.25, -0.2) is 23.9 Å². The first kappa shape index (κ1) is 30.3. The number of aromatic carboxylic acids is 1. The number of amidine groups is 1. The van der Waals surface area contributed by atoms with Crippen LogP contribution in [0.2, 0.25) is 5.02 Å². The van der Waals surface area contributed by atoms with Gasteiger partial charge < -0.3 is 20.0 Å². The van der Waals surface area contributed by atoms with Gasteiger partial charge in [0.1, 0.15) is 17.4 Å². The van der Waals surface area contributed by atoms with Gasteiger partial charge in [0.15, 0.2) is 11.6 Å². The van der Waals surface area contributed by atoms with Crippen LogP contribution in [0.15, 0.2) is 65.7 Å². The molecule has 4 rings (SSSR count). The number of benzene rings is 3. The highest BCUT2D eigenvalue weighted by Crippen LogP contribution is 2.27. The molecule has 1 heterocycles. The summed E-state index contributed by atoms with van der Waals surface area (Å²) < 4.78 is 32.6. The van der Waals surface area contributed by atoms with Crippen LogP contribution in [0.4, 0.5) is 13.6 Å². The number of methoxy groups -OCH3 is 1. The Labute approximate surface area is 244 Å². The van der Waals surface area contributed by atoms with Crippen LogP contribution in [0.5, 0.6) is 11.5 Å². The Bertz CT molecular complexity index is 1500. The van der Waals surface area contributed by atoms with E-state index in [1.54, 1.807) is 37.3 Å². The molecule has 1 aliphatic heterocycles. The summed E-state index contributed by atoms with van der Waals surface area (Å²) in [6, 6.07) is 12.2. The number of hydrogen-bond acceptors (Lipinski definition) is 7. The predicted molar refractivity (Wildman–Crippen MR) is 150 cm³/mol. The first-order valence-corrected chi connectivity index (χ1v) is 13.1. The number of imide groups is 1. The van der Waals surface area contributed by atoms with Crippen molar-refractivity contribution in [2.75, 3.05) is 20.2 Å². The summed E-state index contributed by atoms with van der Waals surface area (Å²) in [5.41, 5.74) is 3.83. The van der Waals surface area contributed by atoms with Crippen molar-refractivity contribution >= 4 is 35.3 Å². The van der Waals surface area contributed by atoms with E-state index < -0.39 is 41.5 Å². The molecule has 0 aromatic heterocycles. The first-order valence-electron chi connectivity index (χ1n) is 12.7. The van der Waals surface area contributed by atoms with Crippen molar-refractivity contribution in [1.82, 2.24) is 15.7 Å². The Morgan fingerprint density at radius 2 is 1.81 bits per heavy atom. The average Bonchev–Trinajstić information content (AvgIpc) is 3.10. The number of carboxylic acids is 1. The van der Waals surface area contributed by atoms with E-state index in [0.29, 0.717) is 28.0 Å². The number of carboxylic acid groups (broad SMARTS) is 1. The lowest BCUT2D eigenvalue weighted by Crippen LogP contribution is -2.50. The van der Waals surface area contributed by atoms with Crippen LogP contribution in [0, 0.1) is 17.6 Å². The van der Waals surface area contributed by atoms with Gasteiger partial charge in [-0.3, -0.25) is 14.7 Å². The Morgan fingerprint density at radius 3 is 2.45 bits per heavy atom. The number of hydroxylamine groups is 1. The second kappa shape index (κ2) is 13.3. The van der Waals surface area contributed by atoms with E-state index in [9.17, 15) is 23.2 Å². The van der Waals surface area contributed by atoms with Crippen molar-refractivity contribution in [3.63, 3.8) is 0 Å². The average molecular weight is 601 g/mol. The fourth-order valence-electron chi connectivity index (χ4n) is 4.32. The summed E-state index contributed by atoms with van der Waals surface area (Å²) in [5.74, 6) is -3.76. The molecule has 0 saturated carbocycles. The highest BCUT2D eigenvalue weighted by Gasteiger charge is 2.34. The van der Waals surface area contributed by atoms with Crippen LogP contribution in [0.3, 0.4) is 0 Å². The number of carbonyl (C=O) groups is 3. The highest BCUT2D eigenvalue weighted by atomic mass is 35.5. The zero-order chi connectivity index (χ0) is 30.4. The number of rotatable bonds is 8. The lowest BCUT2D eigenvalue weighted by Gasteiger charge is -2.25. The van der Waals surface area contributed by atoms with E-state index in [-0.39, 0.29) is 36.7 Å². The number of nitrogens with zero attached hydrogens (tertiary/aromatic N) is 2. The second-order valence-corrected chi connectivity index (χ2v) is 9.91. The zero-order valence-corrected chi connectivity index (χ0v) is 23.3. The third-order valence-electron chi connectivity index (χ3n) is 6.50. The lowest BCUT2D eigenvalue weighted by molar-refractivity contribution is -0.131. The number of hydrogen-bond donors (Lipinski definition) is 3. The molecule has 0 radical (unpaired) electrons. The van der Waals surface area contributed by atoms with E-state index in [1.807, 2.05) is 0 Å². The third kappa shape index (κ3) is 7.52. The molecule has 0 aliphatic carbocycles. The number of carbonyl (C=O) groups excluding carboxylic acids is 2. The van der Waals surface area contributed by atoms with Gasteiger partial charge in [0.25, 0.3) is 0 Å². The van der Waals surface area contributed by atoms with Crippen molar-refractivity contribution < 1.29 is 37.8 Å². The monoisotopic (exact) mass is 600 g/mol. The van der Waals surface area contributed by atoms with Gasteiger partial charge in [0, 0.05) is 23.2 Å². The molecule has 0 fully saturated rings. The van der Waals surface area contributed by atoms with Crippen LogP contribution < -0.4 is 20.4 Å². The smallest absolute Gasteiger partial charge is 0.335 e. The SMILES string of the molecule is COc1ccc(Cl)cc1C[C@@H]1CN=C(NOc2cc(F)cc(F)c2)CN(C(=O)NC(C)c2ccc(C(=O)O)cc2)C1=O. The van der Waals surface area contributed by atoms with Gasteiger partial charge in [0.05, 0.1) is 37.7 Å². The summed E-state index contributed by atoms with van der Waals surface area (Å²) in [6.45, 7) is 1.29. The molecule has 1 aliphatic rings. The van der Waals surface area contributed by atoms with Crippen molar-refractivity contribution in [3.05, 3.63) is 94.0 Å². The van der Waals surface area contributed by atoms with Crippen molar-refractivity contribution in [1.29, 1.82) is 0 Å². The quantitative estimate of drug-likeness (QED) is 0.317. The number of aliphatic imine (C=N–C) groups is 1. The molecule has 13 heteroatoms. The maximum absolute atomic E-state index is 13.7. The maximum atomic E-state index is 13.7. The predicted octanol–water partition coefficient (Wildman–Crippen LogP) is 4.78. The molecule has 3 aromatic carbocycles. The number of urea groups is 1. The van der Waals surface area contributed by atoms with E-state index in [1.165, 1.54) is 19.2 Å². The molecule has 0 saturated heterocycles. The minimum atomic E-state index is -1.08. The molecule has 42 heavy (non-hydrogen) atoms. The second-order valence-electron chi connectivity index (χ2n) is 9.48. The molecule has 220 valence electrons. The molecule has 3 amide bonds. The van der Waals surface area contributed by atoms with Gasteiger partial charge in [0.2, 0.25) is 5.91 Å². The van der Waals surface area contributed by atoms with Gasteiger partial charge in [-0.15, -0.1) is 0 Å². The summed E-state index contributed by atoms with van der Waals surface area (Å²) in [6.07, 6.45) is 0.144. The Balaban J connectivity index is 1.57. The standard InChI is InChI=1S/C29H27ClF2N4O6/c1-16(17-3-5-18(6-4-17)28(38)39)34-29(40)36-15-26(35-42-24-12-22(31)11-23(32)13-24)33-14-20(27(36)37)9-19-10-21(30)7-8-25(19)41-2/h3-8,10-13,16,20H,9,14-15H2,1-2H3,(H,33,35)(H,34,40)(H,38,39)/t16?,20-/m1/s1. The van der Waals surface area contributed by atoms with Gasteiger partial charge in [-0.2, -0.15) is 0 Å². The van der Waals surface area contributed by atoms with Gasteiger partial charge >= 0.3 is 12.0 Å². The fourth-order valence-corrected chi connectivity index (χ4v) is 4.52. The molecular formula is C29H27ClF2N4O6. The summed E-state index contributed by atoms with van der Waals surface area (Å²) in [7, 11) is 1.48. The topological polar surface area (TPSA) is 130 Å². The maximum Gasteiger partial charge on any atom is 0.335 e. The van der Waals surface area contributed by atoms with Gasteiger partial charge in [-0.05, 0) is 54.8 Å². The van der Waals surface area contributed by atoms with E-state index >= 15 is 0 Å². The van der Waals surface area contributed by atoms with Crippen molar-refractivity contribution in [2.24, 2.45) is 10.9 Å². The molecular weight excluding hydrogens is 574 g/mol. The zero-order valence-electron chi connectivity index (χ0n) is 22.6. The van der Waals surface area contributed by atoms with E-state index in [0.717, 1.165) is 17.0 Å². The fraction of sp³-hybridized carbons (Fsp3) is 0.241. The van der Waals surface area contributed by atoms with Crippen LogP contribution >= 0.6 is 11.6 Å². The first-order chi connectivity index (χ1) is 20.0. The molecule has 3 N–H and O–H groups in total. The Kier molecular flexibility index (Phi) is 9.58. The third-order valence-corrected chi connectivity index (χ3v) is 6.74. The van der Waals surface area contributed by atoms with Gasteiger partial charge in [-0.1, -0.05) is 23.7 Å². The van der Waals surface area contributed by atoms with E-state index in [2.05, 4.69) is 15.8 Å². The molecule has 0 bridgehead atoms. The minimum Gasteiger partial charge on any atom is -0.496 e. The minimum absolute atomic E-state index is 0.0479. The summed E-state index contributed by atoms with van der Waals surface area (Å²) in [4.78, 5) is 49.0. The molecule has 0 spiro atoms. The lowest BCUT2D eigenvalue weighted by atomic mass is 9.97. The van der Waals surface area contributed by atoms with Crippen LogP contribution in [0.25, 0.3) is 0 Å². The summed E-state index contributed by atoms with van der Waals surface area (Å²) >= 11 is 6.17. The largest absolute Gasteiger partial charge is 0.496 e. The number of halogens is 3. The molecule has 3 aromatic rings. The summed E-state index contributed by atoms with van der Waals surface area (Å²) in [5, 5.41) is 12.3. The highest BCUT2D eigenvalue weighted by molar-refractivity contribution is 6.30. The number of nitrogens with one attached hydrogen (secondary N) is 2. The number of amides is 3. The molecule has 10 nitrogen and oxygen atoms in total. The molecule has 2 atom stereocenters. The Morgan fingerprint density at radius 1 is 1.12 bits per heavy atom. The number of ether oxygens (including phenoxy) is 1. The normalized spacial score (nSPS) is 15.7. The van der Waals surface area contributed by atoms with Crippen molar-refractivity contribution in [3.8, 4) is 11.5 Å². The van der Waals surface area contributed by atoms with Crippen molar-refractivity contribution in [2.45, 2.75) is 19.4 Å². The van der Waals surface area contributed by atoms with E-state index in [4.69, 9.17) is 26.3 Å². The molecule has 1 unspecified atom stereocenters. The van der Waals surface area contributed by atoms with Crippen LogP contribution in [0.1, 0.15) is 34.5 Å². The van der Waals surface area contributed by atoms with Crippen LogP contribution in [-0.4, -0.2) is 53.9 Å². The van der Waals surface area contributed by atoms with Crippen LogP contribution in [-0.2, 0) is 11.2 Å².